The van der Waals surface area contributed by atoms with Crippen molar-refractivity contribution in [2.24, 2.45) is 5.92 Å². The molecule has 0 heterocycles. The molecule has 0 heteroatoms. The van der Waals surface area contributed by atoms with Crippen LogP contribution in [0.1, 0.15) is 52.8 Å². The Morgan fingerprint density at radius 2 is 1.64 bits per heavy atom. The van der Waals surface area contributed by atoms with Gasteiger partial charge in [0.05, 0.1) is 0 Å². The van der Waals surface area contributed by atoms with Crippen molar-refractivity contribution in [3.05, 3.63) is 75.4 Å². The zero-order valence-corrected chi connectivity index (χ0v) is 14.5. The van der Waals surface area contributed by atoms with Crippen molar-refractivity contribution < 1.29 is 0 Å². The largest absolute Gasteiger partial charge is 0.0760 e. The van der Waals surface area contributed by atoms with Crippen LogP contribution in [0.4, 0.5) is 0 Å². The highest BCUT2D eigenvalue weighted by Gasteiger charge is 2.17. The van der Waals surface area contributed by atoms with Crippen LogP contribution in [-0.2, 0) is 12.8 Å². The SMILES string of the molecule is Cc1cc(C)c(Cc2ccc3c(c2)C(C(C)C)=CC3)c(C)c1. The molecule has 0 saturated heterocycles. The highest BCUT2D eigenvalue weighted by Crippen LogP contribution is 2.34. The smallest absolute Gasteiger partial charge is 0.00203 e. The van der Waals surface area contributed by atoms with E-state index in [-0.39, 0.29) is 0 Å². The minimum Gasteiger partial charge on any atom is -0.0760 e. The normalized spacial score (nSPS) is 13.5. The summed E-state index contributed by atoms with van der Waals surface area (Å²) in [6.45, 7) is 11.2. The number of rotatable bonds is 3. The summed E-state index contributed by atoms with van der Waals surface area (Å²) >= 11 is 0. The average Bonchev–Trinajstić information content (AvgIpc) is 2.86. The molecule has 0 aromatic heterocycles. The molecule has 0 amide bonds. The van der Waals surface area contributed by atoms with Gasteiger partial charge in [-0.1, -0.05) is 55.8 Å². The van der Waals surface area contributed by atoms with E-state index in [2.05, 4.69) is 71.0 Å². The predicted octanol–water partition coefficient (Wildman–Crippen LogP) is 5.80. The first-order valence-corrected chi connectivity index (χ1v) is 8.34. The van der Waals surface area contributed by atoms with Gasteiger partial charge in [-0.3, -0.25) is 0 Å². The lowest BCUT2D eigenvalue weighted by molar-refractivity contribution is 0.857. The van der Waals surface area contributed by atoms with Crippen molar-refractivity contribution in [1.82, 2.24) is 0 Å². The maximum Gasteiger partial charge on any atom is -0.00203 e. The highest BCUT2D eigenvalue weighted by molar-refractivity contribution is 5.74. The maximum absolute atomic E-state index is 2.42. The second kappa shape index (κ2) is 5.76. The predicted molar refractivity (Wildman–Crippen MR) is 96.4 cm³/mol. The summed E-state index contributed by atoms with van der Waals surface area (Å²) in [4.78, 5) is 0. The molecule has 2 aromatic carbocycles. The third-order valence-electron chi connectivity index (χ3n) is 4.87. The van der Waals surface area contributed by atoms with Crippen molar-refractivity contribution >= 4 is 5.57 Å². The van der Waals surface area contributed by atoms with Gasteiger partial charge in [0.25, 0.3) is 0 Å². The average molecular weight is 290 g/mol. The Morgan fingerprint density at radius 3 is 2.27 bits per heavy atom. The first kappa shape index (κ1) is 15.1. The maximum atomic E-state index is 2.42. The molecule has 22 heavy (non-hydrogen) atoms. The van der Waals surface area contributed by atoms with Gasteiger partial charge in [-0.15, -0.1) is 0 Å². The number of allylic oxidation sites excluding steroid dienone is 2. The fourth-order valence-electron chi connectivity index (χ4n) is 3.75. The number of fused-ring (bicyclic) bond motifs is 1. The second-order valence-corrected chi connectivity index (χ2v) is 7.06. The Kier molecular flexibility index (Phi) is 3.95. The van der Waals surface area contributed by atoms with E-state index >= 15 is 0 Å². The van der Waals surface area contributed by atoms with E-state index < -0.39 is 0 Å². The van der Waals surface area contributed by atoms with Crippen molar-refractivity contribution in [1.29, 1.82) is 0 Å². The second-order valence-electron chi connectivity index (χ2n) is 7.06. The van der Waals surface area contributed by atoms with Crippen LogP contribution >= 0.6 is 0 Å². The molecular formula is C22H26. The lowest BCUT2D eigenvalue weighted by Crippen LogP contribution is -1.99. The fourth-order valence-corrected chi connectivity index (χ4v) is 3.75. The van der Waals surface area contributed by atoms with Crippen LogP contribution < -0.4 is 0 Å². The van der Waals surface area contributed by atoms with Gasteiger partial charge in [0.1, 0.15) is 0 Å². The molecule has 0 nitrogen and oxygen atoms in total. The van der Waals surface area contributed by atoms with Crippen LogP contribution in [0.25, 0.3) is 5.57 Å². The Bertz CT molecular complexity index is 722. The lowest BCUT2D eigenvalue weighted by atomic mass is 9.91. The minimum atomic E-state index is 0.611. The molecule has 0 aliphatic heterocycles. The van der Waals surface area contributed by atoms with Gasteiger partial charge in [-0.25, -0.2) is 0 Å². The summed E-state index contributed by atoms with van der Waals surface area (Å²) in [7, 11) is 0. The van der Waals surface area contributed by atoms with Gasteiger partial charge >= 0.3 is 0 Å². The van der Waals surface area contributed by atoms with Crippen LogP contribution in [0.2, 0.25) is 0 Å². The summed E-state index contributed by atoms with van der Waals surface area (Å²) in [5, 5.41) is 0. The molecule has 0 bridgehead atoms. The quantitative estimate of drug-likeness (QED) is 0.670. The van der Waals surface area contributed by atoms with Gasteiger partial charge in [-0.05, 0) is 78.5 Å². The van der Waals surface area contributed by atoms with E-state index in [4.69, 9.17) is 0 Å². The number of hydrogen-bond donors (Lipinski definition) is 0. The topological polar surface area (TPSA) is 0 Å². The van der Waals surface area contributed by atoms with E-state index in [0.717, 1.165) is 12.8 Å². The molecule has 0 atom stereocenters. The molecule has 0 saturated carbocycles. The van der Waals surface area contributed by atoms with Gasteiger partial charge in [-0.2, -0.15) is 0 Å². The van der Waals surface area contributed by atoms with E-state index in [0.29, 0.717) is 5.92 Å². The Hall–Kier alpha value is -1.82. The van der Waals surface area contributed by atoms with Gasteiger partial charge in [0.15, 0.2) is 0 Å². The molecule has 2 aromatic rings. The molecule has 0 spiro atoms. The molecule has 1 aliphatic carbocycles. The summed E-state index contributed by atoms with van der Waals surface area (Å²) < 4.78 is 0. The molecule has 0 radical (unpaired) electrons. The summed E-state index contributed by atoms with van der Waals surface area (Å²) in [6.07, 6.45) is 4.55. The summed E-state index contributed by atoms with van der Waals surface area (Å²) in [5.41, 5.74) is 11.6. The van der Waals surface area contributed by atoms with Crippen molar-refractivity contribution in [3.63, 3.8) is 0 Å². The van der Waals surface area contributed by atoms with Crippen LogP contribution in [0.15, 0.2) is 36.4 Å². The van der Waals surface area contributed by atoms with Crippen molar-refractivity contribution in [2.45, 2.75) is 47.5 Å². The molecular weight excluding hydrogens is 264 g/mol. The van der Waals surface area contributed by atoms with E-state index in [1.165, 1.54) is 44.5 Å². The summed E-state index contributed by atoms with van der Waals surface area (Å²) in [5.74, 6) is 0.611. The number of aryl methyl sites for hydroxylation is 3. The van der Waals surface area contributed by atoms with E-state index in [9.17, 15) is 0 Å². The molecule has 114 valence electrons. The zero-order chi connectivity index (χ0) is 15.9. The van der Waals surface area contributed by atoms with Crippen molar-refractivity contribution in [3.8, 4) is 0 Å². The Balaban J connectivity index is 1.95. The molecule has 3 rings (SSSR count). The third-order valence-corrected chi connectivity index (χ3v) is 4.87. The van der Waals surface area contributed by atoms with Gasteiger partial charge in [0.2, 0.25) is 0 Å². The number of hydrogen-bond acceptors (Lipinski definition) is 0. The monoisotopic (exact) mass is 290 g/mol. The van der Waals surface area contributed by atoms with Crippen molar-refractivity contribution in [2.75, 3.05) is 0 Å². The van der Waals surface area contributed by atoms with Crippen LogP contribution in [0.3, 0.4) is 0 Å². The van der Waals surface area contributed by atoms with Crippen LogP contribution in [-0.4, -0.2) is 0 Å². The summed E-state index contributed by atoms with van der Waals surface area (Å²) in [6, 6.07) is 11.7. The fraction of sp³-hybridized carbons (Fsp3) is 0.364. The molecule has 0 fully saturated rings. The standard InChI is InChI=1S/C22H26/c1-14(2)20-9-8-19-7-6-18(13-22(19)20)12-21-16(4)10-15(3)11-17(21)5/h6-7,9-11,13-14H,8,12H2,1-5H3. The minimum absolute atomic E-state index is 0.611. The highest BCUT2D eigenvalue weighted by atomic mass is 14.2. The molecule has 0 unspecified atom stereocenters. The third kappa shape index (κ3) is 2.75. The van der Waals surface area contributed by atoms with E-state index in [1.54, 1.807) is 0 Å². The Labute approximate surface area is 134 Å². The zero-order valence-electron chi connectivity index (χ0n) is 14.5. The van der Waals surface area contributed by atoms with Crippen LogP contribution in [0, 0.1) is 26.7 Å². The molecule has 0 N–H and O–H groups in total. The lowest BCUT2D eigenvalue weighted by Gasteiger charge is -2.14. The van der Waals surface area contributed by atoms with Gasteiger partial charge < -0.3 is 0 Å². The number of benzene rings is 2. The van der Waals surface area contributed by atoms with Gasteiger partial charge in [0, 0.05) is 0 Å². The van der Waals surface area contributed by atoms with E-state index in [1.807, 2.05) is 0 Å². The Morgan fingerprint density at radius 1 is 0.955 bits per heavy atom. The molecule has 1 aliphatic rings. The first-order valence-electron chi connectivity index (χ1n) is 8.34. The van der Waals surface area contributed by atoms with Crippen LogP contribution in [0.5, 0.6) is 0 Å². The first-order chi connectivity index (χ1) is 10.5.